The van der Waals surface area contributed by atoms with Crippen molar-refractivity contribution in [3.63, 3.8) is 0 Å². The fourth-order valence-electron chi connectivity index (χ4n) is 2.55. The maximum Gasteiger partial charge on any atom is 0.0314 e. The zero-order chi connectivity index (χ0) is 12.5. The molecule has 1 aromatic carbocycles. The fourth-order valence-corrected chi connectivity index (χ4v) is 4.11. The van der Waals surface area contributed by atoms with Crippen LogP contribution >= 0.6 is 27.3 Å². The van der Waals surface area contributed by atoms with Crippen molar-refractivity contribution in [3.8, 4) is 0 Å². The number of hydrogen-bond donors (Lipinski definition) is 1. The largest absolute Gasteiger partial charge is 0.308 e. The van der Waals surface area contributed by atoms with Crippen molar-refractivity contribution in [1.82, 2.24) is 5.32 Å². The van der Waals surface area contributed by atoms with Crippen LogP contribution in [0, 0.1) is 6.92 Å². The second kappa shape index (κ2) is 5.16. The molecule has 0 saturated heterocycles. The number of thiophene rings is 1. The van der Waals surface area contributed by atoms with Crippen LogP contribution in [-0.2, 0) is 19.4 Å². The van der Waals surface area contributed by atoms with E-state index in [0.717, 1.165) is 6.54 Å². The molecule has 0 fully saturated rings. The summed E-state index contributed by atoms with van der Waals surface area (Å²) in [6, 6.07) is 11.6. The van der Waals surface area contributed by atoms with Crippen molar-refractivity contribution in [2.45, 2.75) is 32.4 Å². The lowest BCUT2D eigenvalue weighted by Gasteiger charge is -2.10. The summed E-state index contributed by atoms with van der Waals surface area (Å²) in [7, 11) is 0. The van der Waals surface area contributed by atoms with E-state index < -0.39 is 0 Å². The van der Waals surface area contributed by atoms with Gasteiger partial charge in [-0.05, 0) is 52.9 Å². The summed E-state index contributed by atoms with van der Waals surface area (Å²) in [4.78, 5) is 2.77. The van der Waals surface area contributed by atoms with Gasteiger partial charge in [-0.15, -0.1) is 11.3 Å². The maximum absolute atomic E-state index is 3.67. The van der Waals surface area contributed by atoms with Gasteiger partial charge in [0.15, 0.2) is 0 Å². The molecule has 0 saturated carbocycles. The molecule has 18 heavy (non-hydrogen) atoms. The zero-order valence-corrected chi connectivity index (χ0v) is 12.8. The van der Waals surface area contributed by atoms with Gasteiger partial charge in [-0.3, -0.25) is 0 Å². The minimum absolute atomic E-state index is 0.601. The lowest BCUT2D eigenvalue weighted by Crippen LogP contribution is -2.28. The number of halogens is 1. The van der Waals surface area contributed by atoms with Crippen LogP contribution < -0.4 is 5.32 Å². The Balaban J connectivity index is 1.60. The van der Waals surface area contributed by atoms with Gasteiger partial charge in [-0.2, -0.15) is 0 Å². The molecular formula is C15H16BrNS. The number of benzene rings is 1. The van der Waals surface area contributed by atoms with E-state index in [9.17, 15) is 0 Å². The van der Waals surface area contributed by atoms with Gasteiger partial charge >= 0.3 is 0 Å². The van der Waals surface area contributed by atoms with E-state index in [-0.39, 0.29) is 0 Å². The van der Waals surface area contributed by atoms with E-state index in [2.05, 4.69) is 58.5 Å². The second-order valence-corrected chi connectivity index (χ2v) is 7.07. The van der Waals surface area contributed by atoms with Crippen LogP contribution in [0.1, 0.15) is 20.9 Å². The SMILES string of the molecule is Cc1sc(CNC2Cc3ccccc3C2)cc1Br. The first-order valence-electron chi connectivity index (χ1n) is 6.27. The molecule has 0 amide bonds. The Bertz CT molecular complexity index is 517. The summed E-state index contributed by atoms with van der Waals surface area (Å²) in [5, 5.41) is 3.67. The van der Waals surface area contributed by atoms with Gasteiger partial charge in [0.05, 0.1) is 0 Å². The number of rotatable bonds is 3. The fraction of sp³-hybridized carbons (Fsp3) is 0.333. The third kappa shape index (κ3) is 2.53. The molecule has 3 rings (SSSR count). The highest BCUT2D eigenvalue weighted by Gasteiger charge is 2.20. The third-order valence-corrected chi connectivity index (χ3v) is 5.66. The van der Waals surface area contributed by atoms with E-state index in [0.29, 0.717) is 6.04 Å². The molecule has 3 heteroatoms. The third-order valence-electron chi connectivity index (χ3n) is 3.52. The van der Waals surface area contributed by atoms with Crippen molar-refractivity contribution in [2.24, 2.45) is 0 Å². The van der Waals surface area contributed by atoms with E-state index in [1.165, 1.54) is 38.2 Å². The number of aryl methyl sites for hydroxylation is 1. The second-order valence-electron chi connectivity index (χ2n) is 4.87. The predicted molar refractivity (Wildman–Crippen MR) is 81.2 cm³/mol. The van der Waals surface area contributed by atoms with Gasteiger partial charge in [-0.1, -0.05) is 24.3 Å². The summed E-state index contributed by atoms with van der Waals surface area (Å²) in [6.45, 7) is 3.14. The smallest absolute Gasteiger partial charge is 0.0314 e. The van der Waals surface area contributed by atoms with Gasteiger partial charge in [0, 0.05) is 26.8 Å². The lowest BCUT2D eigenvalue weighted by molar-refractivity contribution is 0.536. The minimum Gasteiger partial charge on any atom is -0.308 e. The van der Waals surface area contributed by atoms with Gasteiger partial charge in [0.2, 0.25) is 0 Å². The van der Waals surface area contributed by atoms with Crippen molar-refractivity contribution in [3.05, 3.63) is 55.7 Å². The predicted octanol–water partition coefficient (Wildman–Crippen LogP) is 4.08. The Kier molecular flexibility index (Phi) is 3.55. The van der Waals surface area contributed by atoms with E-state index in [1.54, 1.807) is 0 Å². The zero-order valence-electron chi connectivity index (χ0n) is 10.4. The standard InChI is InChI=1S/C15H16BrNS/c1-10-15(16)8-14(18-10)9-17-13-6-11-4-2-3-5-12(11)7-13/h2-5,8,13,17H,6-7,9H2,1H3. The first-order chi connectivity index (χ1) is 8.72. The van der Waals surface area contributed by atoms with Gasteiger partial charge in [-0.25, -0.2) is 0 Å². The number of hydrogen-bond acceptors (Lipinski definition) is 2. The molecule has 0 spiro atoms. The van der Waals surface area contributed by atoms with Crippen LogP contribution in [0.4, 0.5) is 0 Å². The Morgan fingerprint density at radius 2 is 1.94 bits per heavy atom. The number of fused-ring (bicyclic) bond motifs is 1. The molecule has 0 radical (unpaired) electrons. The number of nitrogens with one attached hydrogen (secondary N) is 1. The topological polar surface area (TPSA) is 12.0 Å². The minimum atomic E-state index is 0.601. The van der Waals surface area contributed by atoms with E-state index in [4.69, 9.17) is 0 Å². The molecule has 0 atom stereocenters. The highest BCUT2D eigenvalue weighted by Crippen LogP contribution is 2.27. The lowest BCUT2D eigenvalue weighted by atomic mass is 10.1. The van der Waals surface area contributed by atoms with E-state index >= 15 is 0 Å². The molecular weight excluding hydrogens is 306 g/mol. The van der Waals surface area contributed by atoms with Crippen molar-refractivity contribution in [2.75, 3.05) is 0 Å². The molecule has 1 nitrogen and oxygen atoms in total. The first kappa shape index (κ1) is 12.4. The molecule has 1 heterocycles. The average molecular weight is 322 g/mol. The molecule has 2 aromatic rings. The Morgan fingerprint density at radius 3 is 2.50 bits per heavy atom. The molecule has 1 aliphatic carbocycles. The molecule has 0 unspecified atom stereocenters. The summed E-state index contributed by atoms with van der Waals surface area (Å²) < 4.78 is 1.24. The average Bonchev–Trinajstić information content (AvgIpc) is 2.91. The molecule has 1 aliphatic rings. The van der Waals surface area contributed by atoms with Gasteiger partial charge < -0.3 is 5.32 Å². The summed E-state index contributed by atoms with van der Waals surface area (Å²) in [6.07, 6.45) is 2.34. The van der Waals surface area contributed by atoms with Crippen molar-refractivity contribution < 1.29 is 0 Å². The van der Waals surface area contributed by atoms with Crippen LogP contribution in [-0.4, -0.2) is 6.04 Å². The highest BCUT2D eigenvalue weighted by molar-refractivity contribution is 9.10. The van der Waals surface area contributed by atoms with Gasteiger partial charge in [0.25, 0.3) is 0 Å². The Labute approximate surface area is 120 Å². The molecule has 0 aliphatic heterocycles. The van der Waals surface area contributed by atoms with Gasteiger partial charge in [0.1, 0.15) is 0 Å². The quantitative estimate of drug-likeness (QED) is 0.898. The summed E-state index contributed by atoms with van der Waals surface area (Å²) >= 11 is 5.45. The molecule has 0 bridgehead atoms. The van der Waals surface area contributed by atoms with Crippen LogP contribution in [0.5, 0.6) is 0 Å². The summed E-state index contributed by atoms with van der Waals surface area (Å²) in [5.41, 5.74) is 3.03. The van der Waals surface area contributed by atoms with Crippen LogP contribution in [0.3, 0.4) is 0 Å². The molecule has 1 N–H and O–H groups in total. The summed E-state index contributed by atoms with van der Waals surface area (Å²) in [5.74, 6) is 0. The normalized spacial score (nSPS) is 15.0. The Morgan fingerprint density at radius 1 is 1.28 bits per heavy atom. The van der Waals surface area contributed by atoms with Crippen LogP contribution in [0.15, 0.2) is 34.8 Å². The van der Waals surface area contributed by atoms with Crippen LogP contribution in [0.25, 0.3) is 0 Å². The highest BCUT2D eigenvalue weighted by atomic mass is 79.9. The first-order valence-corrected chi connectivity index (χ1v) is 7.88. The van der Waals surface area contributed by atoms with Crippen molar-refractivity contribution in [1.29, 1.82) is 0 Å². The molecule has 1 aromatic heterocycles. The molecule has 94 valence electrons. The Hall–Kier alpha value is -0.640. The monoisotopic (exact) mass is 321 g/mol. The maximum atomic E-state index is 3.67. The van der Waals surface area contributed by atoms with E-state index in [1.807, 2.05) is 11.3 Å². The van der Waals surface area contributed by atoms with Crippen LogP contribution in [0.2, 0.25) is 0 Å². The van der Waals surface area contributed by atoms with Crippen molar-refractivity contribution >= 4 is 27.3 Å².